The van der Waals surface area contributed by atoms with E-state index in [1.807, 2.05) is 42.1 Å². The monoisotopic (exact) mass is 251 g/mol. The fraction of sp³-hybridized carbons (Fsp3) is 0.571. The van der Waals surface area contributed by atoms with E-state index in [1.54, 1.807) is 0 Å². The van der Waals surface area contributed by atoms with E-state index >= 15 is 0 Å². The topological polar surface area (TPSA) is 23.5 Å². The highest BCUT2D eigenvalue weighted by Crippen LogP contribution is 2.30. The largest absolute Gasteiger partial charge is 0.387 e. The number of benzene rings is 1. The van der Waals surface area contributed by atoms with Crippen molar-refractivity contribution in [3.05, 3.63) is 35.9 Å². The molecule has 2 nitrogen and oxygen atoms in total. The molecular formula is C14H21NOS. The van der Waals surface area contributed by atoms with E-state index in [2.05, 4.69) is 18.7 Å². The van der Waals surface area contributed by atoms with Crippen LogP contribution in [0.4, 0.5) is 0 Å². The zero-order chi connectivity index (χ0) is 12.3. The summed E-state index contributed by atoms with van der Waals surface area (Å²) in [5.41, 5.74) is 1.02. The second-order valence-electron chi connectivity index (χ2n) is 5.27. The van der Waals surface area contributed by atoms with Gasteiger partial charge in [0.15, 0.2) is 0 Å². The average molecular weight is 251 g/mol. The van der Waals surface area contributed by atoms with Crippen molar-refractivity contribution in [2.75, 3.05) is 25.4 Å². The molecule has 1 aromatic rings. The normalized spacial score (nSPS) is 22.3. The van der Waals surface area contributed by atoms with Crippen LogP contribution in [0.2, 0.25) is 0 Å². The van der Waals surface area contributed by atoms with Crippen LogP contribution in [-0.4, -0.2) is 40.1 Å². The van der Waals surface area contributed by atoms with E-state index in [9.17, 15) is 5.11 Å². The van der Waals surface area contributed by atoms with E-state index < -0.39 is 0 Å². The number of hydrogen-bond acceptors (Lipinski definition) is 3. The van der Waals surface area contributed by atoms with Gasteiger partial charge in [0, 0.05) is 30.1 Å². The molecule has 17 heavy (non-hydrogen) atoms. The van der Waals surface area contributed by atoms with Gasteiger partial charge < -0.3 is 5.11 Å². The van der Waals surface area contributed by atoms with Gasteiger partial charge >= 0.3 is 0 Å². The molecule has 1 aliphatic rings. The molecule has 2 rings (SSSR count). The van der Waals surface area contributed by atoms with Crippen molar-refractivity contribution < 1.29 is 5.11 Å². The number of hydrogen-bond donors (Lipinski definition) is 1. The number of aliphatic hydroxyl groups is 1. The Kier molecular flexibility index (Phi) is 4.13. The smallest absolute Gasteiger partial charge is 0.0916 e. The fourth-order valence-electron chi connectivity index (χ4n) is 2.30. The predicted molar refractivity (Wildman–Crippen MR) is 74.4 cm³/mol. The summed E-state index contributed by atoms with van der Waals surface area (Å²) in [6.45, 7) is 7.44. The Morgan fingerprint density at radius 3 is 2.71 bits per heavy atom. The molecule has 0 aliphatic carbocycles. The Morgan fingerprint density at radius 2 is 2.06 bits per heavy atom. The summed E-state index contributed by atoms with van der Waals surface area (Å²) in [5.74, 6) is 1.16. The quantitative estimate of drug-likeness (QED) is 0.893. The SMILES string of the molecule is CC1(C)CN(CC(O)c2ccccc2)CCS1. The molecule has 0 bridgehead atoms. The Labute approximate surface area is 108 Å². The third-order valence-corrected chi connectivity index (χ3v) is 4.42. The number of aliphatic hydroxyl groups excluding tert-OH is 1. The molecule has 1 aromatic carbocycles. The first-order chi connectivity index (χ1) is 8.07. The lowest BCUT2D eigenvalue weighted by Crippen LogP contribution is -2.44. The maximum atomic E-state index is 10.2. The third kappa shape index (κ3) is 3.73. The molecule has 0 saturated carbocycles. The summed E-state index contributed by atoms with van der Waals surface area (Å²) in [5, 5.41) is 10.2. The van der Waals surface area contributed by atoms with Gasteiger partial charge in [0.2, 0.25) is 0 Å². The van der Waals surface area contributed by atoms with Gasteiger partial charge in [-0.2, -0.15) is 11.8 Å². The first-order valence-corrected chi connectivity index (χ1v) is 7.15. The van der Waals surface area contributed by atoms with Crippen LogP contribution in [0, 0.1) is 0 Å². The van der Waals surface area contributed by atoms with Crippen molar-refractivity contribution in [1.29, 1.82) is 0 Å². The molecule has 0 spiro atoms. The van der Waals surface area contributed by atoms with Crippen LogP contribution < -0.4 is 0 Å². The molecule has 0 aromatic heterocycles. The van der Waals surface area contributed by atoms with E-state index in [4.69, 9.17) is 0 Å². The summed E-state index contributed by atoms with van der Waals surface area (Å²) in [6, 6.07) is 9.93. The van der Waals surface area contributed by atoms with Crippen molar-refractivity contribution in [3.63, 3.8) is 0 Å². The molecular weight excluding hydrogens is 230 g/mol. The van der Waals surface area contributed by atoms with Gasteiger partial charge in [-0.25, -0.2) is 0 Å². The van der Waals surface area contributed by atoms with E-state index in [-0.39, 0.29) is 6.10 Å². The molecule has 3 heteroatoms. The Morgan fingerprint density at radius 1 is 1.35 bits per heavy atom. The number of nitrogens with zero attached hydrogens (tertiary/aromatic N) is 1. The van der Waals surface area contributed by atoms with Crippen LogP contribution in [0.5, 0.6) is 0 Å². The maximum Gasteiger partial charge on any atom is 0.0916 e. The van der Waals surface area contributed by atoms with Crippen molar-refractivity contribution >= 4 is 11.8 Å². The summed E-state index contributed by atoms with van der Waals surface area (Å²) in [6.07, 6.45) is -0.366. The van der Waals surface area contributed by atoms with Crippen molar-refractivity contribution in [1.82, 2.24) is 4.90 Å². The van der Waals surface area contributed by atoms with Crippen LogP contribution in [0.25, 0.3) is 0 Å². The number of thioether (sulfide) groups is 1. The van der Waals surface area contributed by atoms with Gasteiger partial charge in [-0.3, -0.25) is 4.90 Å². The van der Waals surface area contributed by atoms with Crippen LogP contribution in [0.3, 0.4) is 0 Å². The lowest BCUT2D eigenvalue weighted by molar-refractivity contribution is 0.110. The highest BCUT2D eigenvalue weighted by atomic mass is 32.2. The third-order valence-electron chi connectivity index (χ3n) is 3.12. The lowest BCUT2D eigenvalue weighted by atomic mass is 10.1. The van der Waals surface area contributed by atoms with E-state index in [0.29, 0.717) is 4.75 Å². The predicted octanol–water partition coefficient (Wildman–Crippen LogP) is 2.55. The summed E-state index contributed by atoms with van der Waals surface area (Å²) >= 11 is 2.02. The zero-order valence-electron chi connectivity index (χ0n) is 10.6. The Hall–Kier alpha value is -0.510. The van der Waals surface area contributed by atoms with Crippen molar-refractivity contribution in [2.24, 2.45) is 0 Å². The first-order valence-electron chi connectivity index (χ1n) is 6.16. The van der Waals surface area contributed by atoms with Crippen LogP contribution >= 0.6 is 11.8 Å². The minimum atomic E-state index is -0.366. The van der Waals surface area contributed by atoms with Gasteiger partial charge in [-0.1, -0.05) is 30.3 Å². The second-order valence-corrected chi connectivity index (χ2v) is 7.07. The second kappa shape index (κ2) is 5.42. The Bertz CT molecular complexity index is 352. The molecule has 1 aliphatic heterocycles. The van der Waals surface area contributed by atoms with Gasteiger partial charge in [0.25, 0.3) is 0 Å². The fourth-order valence-corrected chi connectivity index (χ4v) is 3.47. The van der Waals surface area contributed by atoms with E-state index in [0.717, 1.165) is 31.0 Å². The molecule has 0 radical (unpaired) electrons. The summed E-state index contributed by atoms with van der Waals surface area (Å²) < 4.78 is 0.314. The van der Waals surface area contributed by atoms with Gasteiger partial charge in [-0.15, -0.1) is 0 Å². The molecule has 0 amide bonds. The molecule has 94 valence electrons. The highest BCUT2D eigenvalue weighted by Gasteiger charge is 2.28. The first kappa shape index (κ1) is 12.9. The van der Waals surface area contributed by atoms with Crippen molar-refractivity contribution in [2.45, 2.75) is 24.7 Å². The zero-order valence-corrected chi connectivity index (χ0v) is 11.4. The van der Waals surface area contributed by atoms with Crippen LogP contribution in [0.1, 0.15) is 25.5 Å². The lowest BCUT2D eigenvalue weighted by Gasteiger charge is -2.38. The van der Waals surface area contributed by atoms with Crippen LogP contribution in [0.15, 0.2) is 30.3 Å². The minimum Gasteiger partial charge on any atom is -0.387 e. The molecule has 1 heterocycles. The standard InChI is InChI=1S/C14H21NOS/c1-14(2)11-15(8-9-17-14)10-13(16)12-6-4-3-5-7-12/h3-7,13,16H,8-11H2,1-2H3. The molecule has 1 unspecified atom stereocenters. The highest BCUT2D eigenvalue weighted by molar-refractivity contribution is 8.00. The molecule has 1 fully saturated rings. The minimum absolute atomic E-state index is 0.314. The molecule has 1 N–H and O–H groups in total. The van der Waals surface area contributed by atoms with Gasteiger partial charge in [0.1, 0.15) is 0 Å². The van der Waals surface area contributed by atoms with Gasteiger partial charge in [-0.05, 0) is 19.4 Å². The summed E-state index contributed by atoms with van der Waals surface area (Å²) in [7, 11) is 0. The number of β-amino-alcohol motifs (C(OH)–C–C–N with tert-alkyl or cyclic N) is 1. The van der Waals surface area contributed by atoms with E-state index in [1.165, 1.54) is 0 Å². The maximum absolute atomic E-state index is 10.2. The molecule has 1 atom stereocenters. The van der Waals surface area contributed by atoms with Gasteiger partial charge in [0.05, 0.1) is 6.10 Å². The average Bonchev–Trinajstić information content (AvgIpc) is 2.29. The van der Waals surface area contributed by atoms with Crippen LogP contribution in [-0.2, 0) is 0 Å². The molecule has 1 saturated heterocycles. The number of rotatable bonds is 3. The summed E-state index contributed by atoms with van der Waals surface area (Å²) in [4.78, 5) is 2.37. The van der Waals surface area contributed by atoms with Crippen molar-refractivity contribution in [3.8, 4) is 0 Å². The Balaban J connectivity index is 1.93.